The van der Waals surface area contributed by atoms with Gasteiger partial charge in [-0.05, 0) is 42.0 Å². The molecule has 6 nitrogen and oxygen atoms in total. The quantitative estimate of drug-likeness (QED) is 0.791. The molecular weight excluding hydrogens is 396 g/mol. The van der Waals surface area contributed by atoms with Gasteiger partial charge in [0.05, 0.1) is 11.3 Å². The topological polar surface area (TPSA) is 92.3 Å². The maximum Gasteiger partial charge on any atom is 0.264 e. The molecule has 24 heavy (non-hydrogen) atoms. The minimum absolute atomic E-state index is 0.0522. The molecule has 0 spiro atoms. The Labute approximate surface area is 148 Å². The molecule has 2 aromatic rings. The van der Waals surface area contributed by atoms with Gasteiger partial charge in [-0.3, -0.25) is 9.59 Å². The molecule has 2 N–H and O–H groups in total. The average Bonchev–Trinajstić information content (AvgIpc) is 2.49. The molecule has 0 saturated carbocycles. The molecule has 2 aromatic carbocycles. The van der Waals surface area contributed by atoms with Crippen molar-refractivity contribution in [1.29, 1.82) is 0 Å². The van der Waals surface area contributed by atoms with Gasteiger partial charge < -0.3 is 5.32 Å². The van der Waals surface area contributed by atoms with Crippen molar-refractivity contribution in [1.82, 2.24) is 4.72 Å². The van der Waals surface area contributed by atoms with Crippen LogP contribution in [0.25, 0.3) is 0 Å². The summed E-state index contributed by atoms with van der Waals surface area (Å²) in [7, 11) is -3.87. The lowest BCUT2D eigenvalue weighted by atomic mass is 10.1. The summed E-state index contributed by atoms with van der Waals surface area (Å²) in [6, 6.07) is 13.0. The van der Waals surface area contributed by atoms with Gasteiger partial charge in [-0.2, -0.15) is 0 Å². The summed E-state index contributed by atoms with van der Waals surface area (Å²) >= 11 is 3.33. The zero-order chi connectivity index (χ0) is 17.7. The summed E-state index contributed by atoms with van der Waals surface area (Å²) in [5.74, 6) is -0.878. The zero-order valence-corrected chi connectivity index (χ0v) is 15.1. The van der Waals surface area contributed by atoms with Gasteiger partial charge in [-0.1, -0.05) is 28.1 Å². The van der Waals surface area contributed by atoms with E-state index < -0.39 is 15.9 Å². The van der Waals surface area contributed by atoms with Crippen LogP contribution in [0.4, 0.5) is 5.69 Å². The molecule has 0 unspecified atom stereocenters. The molecule has 126 valence electrons. The molecule has 0 aliphatic heterocycles. The highest BCUT2D eigenvalue weighted by Gasteiger charge is 2.15. The normalized spacial score (nSPS) is 10.9. The molecule has 0 bridgehead atoms. The van der Waals surface area contributed by atoms with Crippen molar-refractivity contribution >= 4 is 43.5 Å². The molecular formula is C16H15BrN2O4S. The number of rotatable bonds is 5. The second kappa shape index (κ2) is 7.59. The number of hydrogen-bond acceptors (Lipinski definition) is 4. The number of amides is 2. The first kappa shape index (κ1) is 18.2. The van der Waals surface area contributed by atoms with Gasteiger partial charge in [0, 0.05) is 17.1 Å². The van der Waals surface area contributed by atoms with Gasteiger partial charge in [0.1, 0.15) is 0 Å². The van der Waals surface area contributed by atoms with Crippen molar-refractivity contribution in [2.75, 3.05) is 5.32 Å². The summed E-state index contributed by atoms with van der Waals surface area (Å²) in [6.07, 6.45) is 0.208. The number of carbonyl (C=O) groups is 2. The fourth-order valence-electron chi connectivity index (χ4n) is 1.96. The van der Waals surface area contributed by atoms with E-state index in [9.17, 15) is 18.0 Å². The largest absolute Gasteiger partial charge is 0.326 e. The fourth-order valence-corrected chi connectivity index (χ4v) is 3.21. The SMILES string of the molecule is CC(=O)NS(=O)(=O)c1ccc(NC(=O)Cc2ccc(Br)cc2)cc1. The van der Waals surface area contributed by atoms with Crippen LogP contribution >= 0.6 is 15.9 Å². The summed E-state index contributed by atoms with van der Waals surface area (Å²) < 4.78 is 26.5. The highest BCUT2D eigenvalue weighted by molar-refractivity contribution is 9.10. The highest BCUT2D eigenvalue weighted by atomic mass is 79.9. The number of hydrogen-bond donors (Lipinski definition) is 2. The van der Waals surface area contributed by atoms with Gasteiger partial charge in [0.2, 0.25) is 11.8 Å². The molecule has 0 heterocycles. The van der Waals surface area contributed by atoms with E-state index in [1.165, 1.54) is 24.3 Å². The molecule has 0 aromatic heterocycles. The van der Waals surface area contributed by atoms with Crippen LogP contribution < -0.4 is 10.0 Å². The van der Waals surface area contributed by atoms with E-state index in [2.05, 4.69) is 21.2 Å². The maximum absolute atomic E-state index is 12.0. The smallest absolute Gasteiger partial charge is 0.264 e. The zero-order valence-electron chi connectivity index (χ0n) is 12.7. The number of sulfonamides is 1. The fraction of sp³-hybridized carbons (Fsp3) is 0.125. The lowest BCUT2D eigenvalue weighted by Crippen LogP contribution is -2.28. The third-order valence-electron chi connectivity index (χ3n) is 3.00. The number of halogens is 1. The van der Waals surface area contributed by atoms with E-state index in [0.29, 0.717) is 5.69 Å². The molecule has 8 heteroatoms. The van der Waals surface area contributed by atoms with Crippen molar-refractivity contribution in [2.24, 2.45) is 0 Å². The summed E-state index contributed by atoms with van der Waals surface area (Å²) in [6.45, 7) is 1.12. The lowest BCUT2D eigenvalue weighted by molar-refractivity contribution is -0.117. The monoisotopic (exact) mass is 410 g/mol. The number of nitrogens with one attached hydrogen (secondary N) is 2. The van der Waals surface area contributed by atoms with Crippen LogP contribution in [0.1, 0.15) is 12.5 Å². The first-order valence-electron chi connectivity index (χ1n) is 6.94. The third-order valence-corrected chi connectivity index (χ3v) is 4.98. The predicted octanol–water partition coefficient (Wildman–Crippen LogP) is 2.46. The van der Waals surface area contributed by atoms with Crippen molar-refractivity contribution < 1.29 is 18.0 Å². The van der Waals surface area contributed by atoms with E-state index in [-0.39, 0.29) is 17.2 Å². The summed E-state index contributed by atoms with van der Waals surface area (Å²) in [5.41, 5.74) is 1.33. The molecule has 0 atom stereocenters. The highest BCUT2D eigenvalue weighted by Crippen LogP contribution is 2.15. The van der Waals surface area contributed by atoms with Crippen LogP contribution in [-0.4, -0.2) is 20.2 Å². The Hall–Kier alpha value is -2.19. The first-order chi connectivity index (χ1) is 11.3. The van der Waals surface area contributed by atoms with E-state index in [1.807, 2.05) is 29.0 Å². The Kier molecular flexibility index (Phi) is 5.74. The standard InChI is InChI=1S/C16H15BrN2O4S/c1-11(20)19-24(22,23)15-8-6-14(7-9-15)18-16(21)10-12-2-4-13(17)5-3-12/h2-9H,10H2,1H3,(H,18,21)(H,19,20). The van der Waals surface area contributed by atoms with E-state index in [0.717, 1.165) is 17.0 Å². The van der Waals surface area contributed by atoms with Crippen LogP contribution in [0.2, 0.25) is 0 Å². The molecule has 0 aliphatic carbocycles. The second-order valence-corrected chi connectivity index (χ2v) is 7.64. The van der Waals surface area contributed by atoms with Crippen molar-refractivity contribution in [3.05, 3.63) is 58.6 Å². The first-order valence-corrected chi connectivity index (χ1v) is 9.21. The van der Waals surface area contributed by atoms with Gasteiger partial charge in [0.25, 0.3) is 10.0 Å². The number of anilines is 1. The second-order valence-electron chi connectivity index (χ2n) is 5.04. The van der Waals surface area contributed by atoms with E-state index in [1.54, 1.807) is 0 Å². The molecule has 0 fully saturated rings. The summed E-state index contributed by atoms with van der Waals surface area (Å²) in [4.78, 5) is 22.8. The molecule has 2 amide bonds. The molecule has 0 radical (unpaired) electrons. The van der Waals surface area contributed by atoms with Gasteiger partial charge in [-0.25, -0.2) is 13.1 Å². The Morgan fingerprint density at radius 1 is 1.00 bits per heavy atom. The average molecular weight is 411 g/mol. The minimum atomic E-state index is -3.87. The molecule has 2 rings (SSSR count). The van der Waals surface area contributed by atoms with Crippen LogP contribution in [0.15, 0.2) is 57.9 Å². The van der Waals surface area contributed by atoms with Crippen LogP contribution in [0, 0.1) is 0 Å². The minimum Gasteiger partial charge on any atom is -0.326 e. The van der Waals surface area contributed by atoms with E-state index in [4.69, 9.17) is 0 Å². The van der Waals surface area contributed by atoms with Crippen LogP contribution in [0.5, 0.6) is 0 Å². The number of carbonyl (C=O) groups excluding carboxylic acids is 2. The lowest BCUT2D eigenvalue weighted by Gasteiger charge is -2.08. The van der Waals surface area contributed by atoms with Crippen LogP contribution in [0.3, 0.4) is 0 Å². The van der Waals surface area contributed by atoms with Gasteiger partial charge in [0.15, 0.2) is 0 Å². The molecule has 0 aliphatic rings. The van der Waals surface area contributed by atoms with Crippen molar-refractivity contribution in [3.8, 4) is 0 Å². The Morgan fingerprint density at radius 2 is 1.58 bits per heavy atom. The maximum atomic E-state index is 12.0. The molecule has 0 saturated heterocycles. The Balaban J connectivity index is 2.02. The third kappa shape index (κ3) is 5.17. The van der Waals surface area contributed by atoms with Crippen molar-refractivity contribution in [3.63, 3.8) is 0 Å². The van der Waals surface area contributed by atoms with E-state index >= 15 is 0 Å². The van der Waals surface area contributed by atoms with Gasteiger partial charge in [-0.15, -0.1) is 0 Å². The predicted molar refractivity (Wildman–Crippen MR) is 93.9 cm³/mol. The number of benzene rings is 2. The Bertz CT molecular complexity index is 847. The summed E-state index contributed by atoms with van der Waals surface area (Å²) in [5, 5.41) is 2.69. The van der Waals surface area contributed by atoms with Crippen LogP contribution in [-0.2, 0) is 26.0 Å². The Morgan fingerprint density at radius 3 is 2.12 bits per heavy atom. The van der Waals surface area contributed by atoms with Crippen molar-refractivity contribution in [2.45, 2.75) is 18.2 Å². The van der Waals surface area contributed by atoms with Gasteiger partial charge >= 0.3 is 0 Å².